The third-order valence-corrected chi connectivity index (χ3v) is 3.95. The van der Waals surface area contributed by atoms with Crippen molar-refractivity contribution in [1.82, 2.24) is 9.80 Å². The van der Waals surface area contributed by atoms with Crippen molar-refractivity contribution in [2.45, 2.75) is 25.4 Å². The van der Waals surface area contributed by atoms with Crippen molar-refractivity contribution in [3.63, 3.8) is 0 Å². The first-order chi connectivity index (χ1) is 9.10. The zero-order valence-electron chi connectivity index (χ0n) is 12.2. The summed E-state index contributed by atoms with van der Waals surface area (Å²) in [5.41, 5.74) is 7.75. The first-order valence-corrected chi connectivity index (χ1v) is 6.91. The third-order valence-electron chi connectivity index (χ3n) is 3.95. The number of benzene rings is 1. The topological polar surface area (TPSA) is 41.7 Å². The van der Waals surface area contributed by atoms with Gasteiger partial charge in [-0.3, -0.25) is 4.90 Å². The van der Waals surface area contributed by atoms with Crippen LogP contribution in [0.2, 0.25) is 0 Å². The van der Waals surface area contributed by atoms with E-state index >= 15 is 0 Å². The molecule has 0 radical (unpaired) electrons. The quantitative estimate of drug-likeness (QED) is 0.841. The van der Waals surface area contributed by atoms with Crippen LogP contribution in [0.1, 0.15) is 18.4 Å². The Bertz CT molecular complexity index is 422. The largest absolute Gasteiger partial charge is 0.496 e. The van der Waals surface area contributed by atoms with E-state index in [0.717, 1.165) is 24.5 Å². The maximum Gasteiger partial charge on any atom is 0.125 e. The van der Waals surface area contributed by atoms with Crippen molar-refractivity contribution >= 4 is 5.69 Å². The fourth-order valence-corrected chi connectivity index (χ4v) is 2.79. The van der Waals surface area contributed by atoms with Crippen molar-refractivity contribution in [2.24, 2.45) is 0 Å². The molecule has 2 N–H and O–H groups in total. The van der Waals surface area contributed by atoms with E-state index in [0.29, 0.717) is 6.04 Å². The summed E-state index contributed by atoms with van der Waals surface area (Å²) in [6.07, 6.45) is 2.56. The van der Waals surface area contributed by atoms with E-state index < -0.39 is 0 Å². The van der Waals surface area contributed by atoms with Crippen molar-refractivity contribution in [3.8, 4) is 5.75 Å². The smallest absolute Gasteiger partial charge is 0.125 e. The Morgan fingerprint density at radius 2 is 2.26 bits per heavy atom. The molecule has 1 aliphatic rings. The van der Waals surface area contributed by atoms with Crippen molar-refractivity contribution < 1.29 is 4.74 Å². The van der Waals surface area contributed by atoms with Gasteiger partial charge in [0.15, 0.2) is 0 Å². The van der Waals surface area contributed by atoms with Gasteiger partial charge in [-0.1, -0.05) is 6.07 Å². The zero-order valence-corrected chi connectivity index (χ0v) is 12.2. The van der Waals surface area contributed by atoms with E-state index in [4.69, 9.17) is 10.5 Å². The summed E-state index contributed by atoms with van der Waals surface area (Å²) in [5.74, 6) is 0.885. The van der Waals surface area contributed by atoms with E-state index in [1.54, 1.807) is 7.11 Å². The summed E-state index contributed by atoms with van der Waals surface area (Å²) in [5, 5.41) is 0. The molecule has 1 aliphatic heterocycles. The molecular weight excluding hydrogens is 238 g/mol. The number of nitrogen functional groups attached to an aromatic ring is 1. The molecular formula is C15H25N3O. The summed E-state index contributed by atoms with van der Waals surface area (Å²) in [7, 11) is 6.09. The molecule has 4 heteroatoms. The SMILES string of the molecule is COc1cc(N)ccc1CN(C)C1CCCN(C)C1. The fourth-order valence-electron chi connectivity index (χ4n) is 2.79. The van der Waals surface area contributed by atoms with Crippen LogP contribution in [0.4, 0.5) is 5.69 Å². The lowest BCUT2D eigenvalue weighted by Gasteiger charge is -2.36. The van der Waals surface area contributed by atoms with Crippen molar-refractivity contribution in [1.29, 1.82) is 0 Å². The predicted octanol–water partition coefficient (Wildman–Crippen LogP) is 1.80. The average Bonchev–Trinajstić information content (AvgIpc) is 2.40. The minimum Gasteiger partial charge on any atom is -0.496 e. The Labute approximate surface area is 116 Å². The van der Waals surface area contributed by atoms with E-state index in [9.17, 15) is 0 Å². The lowest BCUT2D eigenvalue weighted by atomic mass is 10.0. The number of likely N-dealkylation sites (N-methyl/N-ethyl adjacent to an activating group) is 2. The van der Waals surface area contributed by atoms with Crippen molar-refractivity contribution in [3.05, 3.63) is 23.8 Å². The molecule has 1 aromatic carbocycles. The van der Waals surface area contributed by atoms with E-state index in [-0.39, 0.29) is 0 Å². The molecule has 0 spiro atoms. The van der Waals surface area contributed by atoms with Gasteiger partial charge in [-0.05, 0) is 39.5 Å². The number of rotatable bonds is 4. The monoisotopic (exact) mass is 263 g/mol. The maximum absolute atomic E-state index is 5.79. The van der Waals surface area contributed by atoms with Crippen LogP contribution in [0.5, 0.6) is 5.75 Å². The molecule has 1 unspecified atom stereocenters. The van der Waals surface area contributed by atoms with Gasteiger partial charge in [0, 0.05) is 36.4 Å². The molecule has 0 aromatic heterocycles. The highest BCUT2D eigenvalue weighted by Crippen LogP contribution is 2.24. The molecule has 4 nitrogen and oxygen atoms in total. The second-order valence-electron chi connectivity index (χ2n) is 5.54. The van der Waals surface area contributed by atoms with Crippen LogP contribution in [-0.2, 0) is 6.54 Å². The molecule has 0 bridgehead atoms. The lowest BCUT2D eigenvalue weighted by molar-refractivity contribution is 0.128. The van der Waals surface area contributed by atoms with Gasteiger partial charge < -0.3 is 15.4 Å². The van der Waals surface area contributed by atoms with Crippen LogP contribution in [0, 0.1) is 0 Å². The molecule has 1 fully saturated rings. The normalized spacial score (nSPS) is 20.7. The summed E-state index contributed by atoms with van der Waals surface area (Å²) in [6.45, 7) is 3.27. The number of ether oxygens (including phenoxy) is 1. The van der Waals surface area contributed by atoms with Crippen LogP contribution in [-0.4, -0.2) is 50.1 Å². The van der Waals surface area contributed by atoms with Gasteiger partial charge in [0.1, 0.15) is 5.75 Å². The highest BCUT2D eigenvalue weighted by Gasteiger charge is 2.21. The number of nitrogens with two attached hydrogens (primary N) is 1. The van der Waals surface area contributed by atoms with Crippen LogP contribution < -0.4 is 10.5 Å². The summed E-state index contributed by atoms with van der Waals surface area (Å²) in [4.78, 5) is 4.83. The Hall–Kier alpha value is -1.26. The van der Waals surface area contributed by atoms with Crippen LogP contribution in [0.15, 0.2) is 18.2 Å². The van der Waals surface area contributed by atoms with Gasteiger partial charge in [0.25, 0.3) is 0 Å². The Morgan fingerprint density at radius 1 is 1.47 bits per heavy atom. The van der Waals surface area contributed by atoms with Gasteiger partial charge >= 0.3 is 0 Å². The molecule has 106 valence electrons. The molecule has 1 aromatic rings. The molecule has 1 saturated heterocycles. The summed E-state index contributed by atoms with van der Waals surface area (Å²) >= 11 is 0. The van der Waals surface area contributed by atoms with Crippen LogP contribution in [0.3, 0.4) is 0 Å². The molecule has 0 saturated carbocycles. The Balaban J connectivity index is 2.03. The van der Waals surface area contributed by atoms with Gasteiger partial charge in [0.05, 0.1) is 7.11 Å². The second-order valence-corrected chi connectivity index (χ2v) is 5.54. The van der Waals surface area contributed by atoms with E-state index in [1.165, 1.54) is 24.9 Å². The molecule has 0 amide bonds. The number of anilines is 1. The van der Waals surface area contributed by atoms with Crippen LogP contribution >= 0.6 is 0 Å². The zero-order chi connectivity index (χ0) is 13.8. The maximum atomic E-state index is 5.79. The molecule has 19 heavy (non-hydrogen) atoms. The fraction of sp³-hybridized carbons (Fsp3) is 0.600. The Morgan fingerprint density at radius 3 is 2.95 bits per heavy atom. The second kappa shape index (κ2) is 6.26. The molecule has 2 rings (SSSR count). The number of hydrogen-bond donors (Lipinski definition) is 1. The van der Waals surface area contributed by atoms with Gasteiger partial charge in [-0.25, -0.2) is 0 Å². The van der Waals surface area contributed by atoms with Crippen molar-refractivity contribution in [2.75, 3.05) is 40.0 Å². The van der Waals surface area contributed by atoms with E-state index in [1.807, 2.05) is 12.1 Å². The van der Waals surface area contributed by atoms with Gasteiger partial charge in [0.2, 0.25) is 0 Å². The molecule has 0 aliphatic carbocycles. The first kappa shape index (κ1) is 14.2. The first-order valence-electron chi connectivity index (χ1n) is 6.91. The third kappa shape index (κ3) is 3.61. The number of likely N-dealkylation sites (tertiary alicyclic amines) is 1. The predicted molar refractivity (Wildman–Crippen MR) is 79.4 cm³/mol. The van der Waals surface area contributed by atoms with Gasteiger partial charge in [-0.15, -0.1) is 0 Å². The summed E-state index contributed by atoms with van der Waals surface area (Å²) in [6, 6.07) is 6.53. The Kier molecular flexibility index (Phi) is 4.66. The highest BCUT2D eigenvalue weighted by molar-refractivity contribution is 5.48. The van der Waals surface area contributed by atoms with Gasteiger partial charge in [-0.2, -0.15) is 0 Å². The summed E-state index contributed by atoms with van der Waals surface area (Å²) < 4.78 is 5.42. The lowest BCUT2D eigenvalue weighted by Crippen LogP contribution is -2.44. The standard InChI is InChI=1S/C15H25N3O/c1-17-8-4-5-14(11-17)18(2)10-12-6-7-13(16)9-15(12)19-3/h6-7,9,14H,4-5,8,10-11,16H2,1-3H3. The number of methoxy groups -OCH3 is 1. The number of piperidine rings is 1. The molecule has 1 atom stereocenters. The number of hydrogen-bond acceptors (Lipinski definition) is 4. The minimum atomic E-state index is 0.626. The van der Waals surface area contributed by atoms with Crippen LogP contribution in [0.25, 0.3) is 0 Å². The van der Waals surface area contributed by atoms with E-state index in [2.05, 4.69) is 30.0 Å². The highest BCUT2D eigenvalue weighted by atomic mass is 16.5. The molecule has 1 heterocycles. The average molecular weight is 263 g/mol. The minimum absolute atomic E-state index is 0.626. The number of nitrogens with zero attached hydrogens (tertiary/aromatic N) is 2.